The molecule has 33 heavy (non-hydrogen) atoms. The van der Waals surface area contributed by atoms with Gasteiger partial charge in [0.15, 0.2) is 0 Å². The van der Waals surface area contributed by atoms with Crippen LogP contribution in [0.5, 0.6) is 0 Å². The Bertz CT molecular complexity index is 1200. The van der Waals surface area contributed by atoms with Gasteiger partial charge in [0.25, 0.3) is 5.56 Å². The lowest BCUT2D eigenvalue weighted by Gasteiger charge is -2.26. The third-order valence-electron chi connectivity index (χ3n) is 6.07. The van der Waals surface area contributed by atoms with Crippen molar-refractivity contribution in [2.75, 3.05) is 37.4 Å². The van der Waals surface area contributed by atoms with Gasteiger partial charge >= 0.3 is 0 Å². The van der Waals surface area contributed by atoms with Crippen LogP contribution in [0.25, 0.3) is 10.2 Å². The monoisotopic (exact) mass is 484 g/mol. The van der Waals surface area contributed by atoms with E-state index in [1.807, 2.05) is 18.2 Å². The van der Waals surface area contributed by atoms with Gasteiger partial charge in [-0.3, -0.25) is 14.5 Å². The molecule has 1 saturated heterocycles. The molecule has 3 aromatic rings. The van der Waals surface area contributed by atoms with Crippen LogP contribution in [0.4, 0.5) is 5.69 Å². The highest BCUT2D eigenvalue weighted by Crippen LogP contribution is 2.33. The van der Waals surface area contributed by atoms with Gasteiger partial charge in [0.05, 0.1) is 30.1 Å². The first-order valence-corrected chi connectivity index (χ1v) is 13.4. The number of ether oxygens (including phenoxy) is 1. The van der Waals surface area contributed by atoms with Crippen LogP contribution in [0.2, 0.25) is 0 Å². The number of aromatic amines is 1. The van der Waals surface area contributed by atoms with E-state index in [4.69, 9.17) is 4.74 Å². The molecule has 1 aliphatic carbocycles. The lowest BCUT2D eigenvalue weighted by molar-refractivity contribution is -0.113. The number of hydrogen-bond donors (Lipinski definition) is 2. The molecule has 1 amide bonds. The molecule has 7 nitrogen and oxygen atoms in total. The molecule has 0 saturated carbocycles. The van der Waals surface area contributed by atoms with Gasteiger partial charge in [-0.2, -0.15) is 0 Å². The number of aryl methyl sites for hydroxylation is 2. The highest BCUT2D eigenvalue weighted by molar-refractivity contribution is 7.99. The molecule has 2 N–H and O–H groups in total. The molecule has 0 spiro atoms. The average molecular weight is 485 g/mol. The Balaban J connectivity index is 1.15. The number of benzene rings is 1. The molecule has 1 fully saturated rings. The number of nitrogens with zero attached hydrogens (tertiary/aromatic N) is 2. The van der Waals surface area contributed by atoms with Crippen LogP contribution in [0.3, 0.4) is 0 Å². The van der Waals surface area contributed by atoms with Crippen molar-refractivity contribution in [3.05, 3.63) is 56.4 Å². The number of thiophene rings is 1. The molecule has 3 heterocycles. The maximum atomic E-state index is 12.7. The summed E-state index contributed by atoms with van der Waals surface area (Å²) < 4.78 is 5.41. The van der Waals surface area contributed by atoms with Crippen LogP contribution in [-0.4, -0.2) is 52.8 Å². The zero-order valence-corrected chi connectivity index (χ0v) is 20.2. The number of morpholine rings is 1. The highest BCUT2D eigenvalue weighted by Gasteiger charge is 2.20. The fourth-order valence-corrected chi connectivity index (χ4v) is 6.45. The predicted molar refractivity (Wildman–Crippen MR) is 134 cm³/mol. The van der Waals surface area contributed by atoms with Gasteiger partial charge < -0.3 is 15.0 Å². The minimum absolute atomic E-state index is 0.0449. The smallest absolute Gasteiger partial charge is 0.259 e. The second kappa shape index (κ2) is 10.4. The minimum Gasteiger partial charge on any atom is -0.379 e. The average Bonchev–Trinajstić information content (AvgIpc) is 3.19. The lowest BCUT2D eigenvalue weighted by atomic mass is 9.97. The number of rotatable bonds is 7. The first-order valence-electron chi connectivity index (χ1n) is 11.5. The summed E-state index contributed by atoms with van der Waals surface area (Å²) in [5.74, 6) is 1.38. The van der Waals surface area contributed by atoms with Crippen LogP contribution in [0.15, 0.2) is 29.1 Å². The zero-order chi connectivity index (χ0) is 22.6. The van der Waals surface area contributed by atoms with Gasteiger partial charge in [-0.15, -0.1) is 23.1 Å². The van der Waals surface area contributed by atoms with Crippen molar-refractivity contribution in [3.63, 3.8) is 0 Å². The van der Waals surface area contributed by atoms with Gasteiger partial charge in [-0.05, 0) is 48.9 Å². The van der Waals surface area contributed by atoms with Gasteiger partial charge in [-0.25, -0.2) is 4.98 Å². The van der Waals surface area contributed by atoms with Crippen molar-refractivity contribution in [2.24, 2.45) is 0 Å². The van der Waals surface area contributed by atoms with Crippen LogP contribution in [0, 0.1) is 0 Å². The second-order valence-corrected chi connectivity index (χ2v) is 10.6. The number of nitrogens with one attached hydrogen (secondary N) is 2. The Kier molecular flexibility index (Phi) is 7.10. The van der Waals surface area contributed by atoms with Crippen molar-refractivity contribution in [1.82, 2.24) is 14.9 Å². The van der Waals surface area contributed by atoms with E-state index >= 15 is 0 Å². The third kappa shape index (κ3) is 5.48. The molecular weight excluding hydrogens is 456 g/mol. The van der Waals surface area contributed by atoms with Crippen molar-refractivity contribution in [3.8, 4) is 0 Å². The Morgan fingerprint density at radius 1 is 1.24 bits per heavy atom. The summed E-state index contributed by atoms with van der Waals surface area (Å²) in [6.45, 7) is 4.27. The number of hydrogen-bond acceptors (Lipinski definition) is 7. The Labute approximate surface area is 200 Å². The molecule has 9 heteroatoms. The van der Waals surface area contributed by atoms with E-state index in [1.54, 1.807) is 11.3 Å². The number of thioether (sulfide) groups is 1. The number of amides is 1. The summed E-state index contributed by atoms with van der Waals surface area (Å²) >= 11 is 3.11. The Morgan fingerprint density at radius 2 is 2.09 bits per heavy atom. The van der Waals surface area contributed by atoms with Crippen LogP contribution in [-0.2, 0) is 34.7 Å². The SMILES string of the molecule is O=C(CSCc1nc2sc3c(c2c(=O)[nH]1)CCCC3)Nc1cccc(CN2CCOCC2)c1. The summed E-state index contributed by atoms with van der Waals surface area (Å²) in [6.07, 6.45) is 4.35. The summed E-state index contributed by atoms with van der Waals surface area (Å²) in [6, 6.07) is 8.00. The van der Waals surface area contributed by atoms with Crippen LogP contribution in [0.1, 0.15) is 34.7 Å². The second-order valence-electron chi connectivity index (χ2n) is 8.53. The molecule has 2 aliphatic rings. The fraction of sp³-hybridized carbons (Fsp3) is 0.458. The number of carbonyl (C=O) groups is 1. The van der Waals surface area contributed by atoms with E-state index in [9.17, 15) is 9.59 Å². The number of anilines is 1. The zero-order valence-electron chi connectivity index (χ0n) is 18.5. The molecule has 2 aromatic heterocycles. The Morgan fingerprint density at radius 3 is 2.97 bits per heavy atom. The van der Waals surface area contributed by atoms with E-state index in [2.05, 4.69) is 26.3 Å². The molecule has 0 radical (unpaired) electrons. The van der Waals surface area contributed by atoms with Crippen molar-refractivity contribution in [1.29, 1.82) is 0 Å². The lowest BCUT2D eigenvalue weighted by Crippen LogP contribution is -2.35. The van der Waals surface area contributed by atoms with E-state index in [1.165, 1.54) is 34.2 Å². The van der Waals surface area contributed by atoms with Gasteiger partial charge in [0, 0.05) is 30.2 Å². The van der Waals surface area contributed by atoms with Crippen LogP contribution < -0.4 is 10.9 Å². The topological polar surface area (TPSA) is 87.3 Å². The predicted octanol–water partition coefficient (Wildman–Crippen LogP) is 3.57. The largest absolute Gasteiger partial charge is 0.379 e. The molecule has 1 aliphatic heterocycles. The number of aromatic nitrogens is 2. The summed E-state index contributed by atoms with van der Waals surface area (Å²) in [7, 11) is 0. The molecular formula is C24H28N4O3S2. The van der Waals surface area contributed by atoms with Gasteiger partial charge in [-0.1, -0.05) is 12.1 Å². The molecule has 5 rings (SSSR count). The molecule has 174 valence electrons. The van der Waals surface area contributed by atoms with E-state index in [0.29, 0.717) is 17.3 Å². The van der Waals surface area contributed by atoms with Crippen molar-refractivity contribution >= 4 is 44.9 Å². The maximum Gasteiger partial charge on any atom is 0.259 e. The van der Waals surface area contributed by atoms with Gasteiger partial charge in [0.2, 0.25) is 5.91 Å². The third-order valence-corrected chi connectivity index (χ3v) is 8.20. The first kappa shape index (κ1) is 22.6. The molecule has 1 aromatic carbocycles. The van der Waals surface area contributed by atoms with Crippen LogP contribution >= 0.6 is 23.1 Å². The molecule has 0 unspecified atom stereocenters. The summed E-state index contributed by atoms with van der Waals surface area (Å²) in [5, 5.41) is 3.76. The summed E-state index contributed by atoms with van der Waals surface area (Å²) in [5.41, 5.74) is 3.14. The number of carbonyl (C=O) groups excluding carboxylic acids is 1. The normalized spacial score (nSPS) is 16.6. The van der Waals surface area contributed by atoms with Crippen molar-refractivity contribution in [2.45, 2.75) is 38.0 Å². The molecule has 0 bridgehead atoms. The quantitative estimate of drug-likeness (QED) is 0.533. The Hall–Kier alpha value is -2.20. The van der Waals surface area contributed by atoms with E-state index in [-0.39, 0.29) is 11.5 Å². The van der Waals surface area contributed by atoms with Gasteiger partial charge in [0.1, 0.15) is 10.7 Å². The molecule has 0 atom stereocenters. The number of H-pyrrole nitrogens is 1. The number of fused-ring (bicyclic) bond motifs is 3. The standard InChI is InChI=1S/C24H28N4O3S2/c29-21(25-17-5-3-4-16(12-17)13-28-8-10-31-11-9-28)15-32-14-20-26-23(30)22-18-6-1-2-7-19(18)33-24(22)27-20/h3-5,12H,1-2,6-11,13-15H2,(H,25,29)(H,26,27,30). The fourth-order valence-electron chi connectivity index (χ4n) is 4.48. The minimum atomic E-state index is -0.0569. The van der Waals surface area contributed by atoms with Crippen molar-refractivity contribution < 1.29 is 9.53 Å². The highest BCUT2D eigenvalue weighted by atomic mass is 32.2. The maximum absolute atomic E-state index is 12.7. The summed E-state index contributed by atoms with van der Waals surface area (Å²) in [4.78, 5) is 37.2. The van der Waals surface area contributed by atoms with E-state index in [0.717, 1.165) is 68.0 Å². The van der Waals surface area contributed by atoms with E-state index < -0.39 is 0 Å². The first-order chi connectivity index (χ1) is 16.2.